The molecule has 0 radical (unpaired) electrons. The van der Waals surface area contributed by atoms with Crippen LogP contribution < -0.4 is 0 Å². The molecule has 0 atom stereocenters. The summed E-state index contributed by atoms with van der Waals surface area (Å²) < 4.78 is 7.02. The molecule has 1 heterocycles. The van der Waals surface area contributed by atoms with Crippen molar-refractivity contribution in [1.82, 2.24) is 9.78 Å². The Hall–Kier alpha value is -0.870. The van der Waals surface area contributed by atoms with E-state index in [1.54, 1.807) is 13.3 Å². The van der Waals surface area contributed by atoms with Crippen molar-refractivity contribution in [1.29, 1.82) is 0 Å². The van der Waals surface area contributed by atoms with Crippen molar-refractivity contribution in [2.24, 2.45) is 7.05 Å². The zero-order valence-corrected chi connectivity index (χ0v) is 9.31. The molecule has 0 aromatic carbocycles. The molecule has 15 heavy (non-hydrogen) atoms. The lowest BCUT2D eigenvalue weighted by Gasteiger charge is -2.42. The van der Waals surface area contributed by atoms with E-state index in [1.165, 1.54) is 5.69 Å². The first-order valence-corrected chi connectivity index (χ1v) is 5.35. The minimum absolute atomic E-state index is 0.251. The first-order valence-electron chi connectivity index (χ1n) is 5.35. The van der Waals surface area contributed by atoms with Crippen LogP contribution in [-0.2, 0) is 18.2 Å². The molecular formula is C11H18N2O2. The Kier molecular flexibility index (Phi) is 2.80. The highest BCUT2D eigenvalue weighted by Crippen LogP contribution is 2.37. The molecule has 1 aromatic rings. The molecule has 0 amide bonds. The monoisotopic (exact) mass is 210 g/mol. The summed E-state index contributed by atoms with van der Waals surface area (Å²) >= 11 is 0. The summed E-state index contributed by atoms with van der Waals surface area (Å²) in [7, 11) is 3.63. The fourth-order valence-electron chi connectivity index (χ4n) is 2.17. The molecule has 0 saturated heterocycles. The van der Waals surface area contributed by atoms with Crippen molar-refractivity contribution in [3.63, 3.8) is 0 Å². The highest BCUT2D eigenvalue weighted by Gasteiger charge is 2.42. The average Bonchev–Trinajstić information content (AvgIpc) is 2.56. The first-order chi connectivity index (χ1) is 7.13. The van der Waals surface area contributed by atoms with Gasteiger partial charge < -0.3 is 9.84 Å². The summed E-state index contributed by atoms with van der Waals surface area (Å²) in [5.41, 5.74) is 0.662. The molecule has 84 valence electrons. The lowest BCUT2D eigenvalue weighted by molar-refractivity contribution is -0.130. The van der Waals surface area contributed by atoms with Gasteiger partial charge in [-0.1, -0.05) is 0 Å². The molecule has 4 nitrogen and oxygen atoms in total. The van der Waals surface area contributed by atoms with Gasteiger partial charge in [0.15, 0.2) is 0 Å². The van der Waals surface area contributed by atoms with Gasteiger partial charge in [-0.3, -0.25) is 4.68 Å². The van der Waals surface area contributed by atoms with Crippen LogP contribution in [-0.4, -0.2) is 33.7 Å². The average molecular weight is 210 g/mol. The predicted molar refractivity (Wildman–Crippen MR) is 56.5 cm³/mol. The maximum atomic E-state index is 10.1. The number of hydrogen-bond donors (Lipinski definition) is 1. The van der Waals surface area contributed by atoms with Crippen LogP contribution in [0.5, 0.6) is 0 Å². The molecule has 0 spiro atoms. The summed E-state index contributed by atoms with van der Waals surface area (Å²) in [6.07, 6.45) is 5.25. The molecule has 0 bridgehead atoms. The lowest BCUT2D eigenvalue weighted by atomic mass is 9.74. The zero-order chi connectivity index (χ0) is 10.9. The Morgan fingerprint density at radius 1 is 1.67 bits per heavy atom. The van der Waals surface area contributed by atoms with E-state index in [9.17, 15) is 5.11 Å². The largest absolute Gasteiger partial charge is 0.390 e. The molecule has 0 unspecified atom stereocenters. The van der Waals surface area contributed by atoms with E-state index < -0.39 is 5.60 Å². The summed E-state index contributed by atoms with van der Waals surface area (Å²) in [4.78, 5) is 0. The fourth-order valence-corrected chi connectivity index (χ4v) is 2.17. The van der Waals surface area contributed by atoms with E-state index in [-0.39, 0.29) is 6.10 Å². The maximum Gasteiger partial charge on any atom is 0.0700 e. The minimum atomic E-state index is -0.509. The van der Waals surface area contributed by atoms with Gasteiger partial charge in [-0.15, -0.1) is 0 Å². The predicted octanol–water partition coefficient (Wildman–Crippen LogP) is 0.893. The van der Waals surface area contributed by atoms with E-state index in [2.05, 4.69) is 5.10 Å². The van der Waals surface area contributed by atoms with E-state index >= 15 is 0 Å². The number of aromatic nitrogens is 2. The van der Waals surface area contributed by atoms with E-state index in [1.807, 2.05) is 17.8 Å². The topological polar surface area (TPSA) is 47.3 Å². The Morgan fingerprint density at radius 3 is 2.93 bits per heavy atom. The van der Waals surface area contributed by atoms with Crippen LogP contribution in [0.2, 0.25) is 0 Å². The SMILES string of the molecule is COC1CC(O)(CCc2ccnn2C)C1. The van der Waals surface area contributed by atoms with Crippen LogP contribution in [0, 0.1) is 0 Å². The van der Waals surface area contributed by atoms with Gasteiger partial charge >= 0.3 is 0 Å². The molecule has 1 aliphatic carbocycles. The van der Waals surface area contributed by atoms with Crippen molar-refractivity contribution in [3.8, 4) is 0 Å². The molecule has 1 aliphatic rings. The Morgan fingerprint density at radius 2 is 2.40 bits per heavy atom. The summed E-state index contributed by atoms with van der Waals surface area (Å²) in [6.45, 7) is 0. The number of aliphatic hydroxyl groups is 1. The maximum absolute atomic E-state index is 10.1. The van der Waals surface area contributed by atoms with Gasteiger partial charge in [-0.05, 0) is 18.9 Å². The normalized spacial score (nSPS) is 30.2. The van der Waals surface area contributed by atoms with Crippen molar-refractivity contribution in [3.05, 3.63) is 18.0 Å². The van der Waals surface area contributed by atoms with Gasteiger partial charge in [0.25, 0.3) is 0 Å². The van der Waals surface area contributed by atoms with Crippen LogP contribution in [0.1, 0.15) is 25.0 Å². The second-order valence-corrected chi connectivity index (χ2v) is 4.44. The molecule has 1 saturated carbocycles. The number of rotatable bonds is 4. The second kappa shape index (κ2) is 3.94. The smallest absolute Gasteiger partial charge is 0.0700 e. The lowest BCUT2D eigenvalue weighted by Crippen LogP contribution is -2.48. The van der Waals surface area contributed by atoms with Gasteiger partial charge in [-0.2, -0.15) is 5.10 Å². The second-order valence-electron chi connectivity index (χ2n) is 4.44. The third-order valence-corrected chi connectivity index (χ3v) is 3.32. The van der Waals surface area contributed by atoms with Crippen molar-refractivity contribution in [2.75, 3.05) is 7.11 Å². The number of nitrogens with zero attached hydrogens (tertiary/aromatic N) is 2. The molecule has 1 aromatic heterocycles. The summed E-state index contributed by atoms with van der Waals surface area (Å²) in [6, 6.07) is 2.00. The Labute approximate surface area is 89.9 Å². The van der Waals surface area contributed by atoms with Gasteiger partial charge in [0.1, 0.15) is 0 Å². The highest BCUT2D eigenvalue weighted by molar-refractivity contribution is 5.04. The molecule has 1 fully saturated rings. The number of aryl methyl sites for hydroxylation is 2. The first kappa shape index (κ1) is 10.6. The summed E-state index contributed by atoms with van der Waals surface area (Å²) in [5, 5.41) is 14.2. The quantitative estimate of drug-likeness (QED) is 0.803. The van der Waals surface area contributed by atoms with Crippen molar-refractivity contribution < 1.29 is 9.84 Å². The third kappa shape index (κ3) is 2.21. The molecular weight excluding hydrogens is 192 g/mol. The van der Waals surface area contributed by atoms with Gasteiger partial charge in [0.05, 0.1) is 11.7 Å². The van der Waals surface area contributed by atoms with E-state index in [0.29, 0.717) is 0 Å². The third-order valence-electron chi connectivity index (χ3n) is 3.32. The fraction of sp³-hybridized carbons (Fsp3) is 0.727. The van der Waals surface area contributed by atoms with Crippen molar-refractivity contribution >= 4 is 0 Å². The minimum Gasteiger partial charge on any atom is -0.390 e. The van der Waals surface area contributed by atoms with E-state index in [0.717, 1.165) is 25.7 Å². The van der Waals surface area contributed by atoms with Crippen LogP contribution in [0.4, 0.5) is 0 Å². The number of ether oxygens (including phenoxy) is 1. The molecule has 2 rings (SSSR count). The molecule has 0 aliphatic heterocycles. The molecule has 1 N–H and O–H groups in total. The number of methoxy groups -OCH3 is 1. The van der Waals surface area contributed by atoms with Crippen LogP contribution in [0.15, 0.2) is 12.3 Å². The number of hydrogen-bond acceptors (Lipinski definition) is 3. The van der Waals surface area contributed by atoms with Gasteiger partial charge in [0.2, 0.25) is 0 Å². The van der Waals surface area contributed by atoms with Gasteiger partial charge in [-0.25, -0.2) is 0 Å². The van der Waals surface area contributed by atoms with E-state index in [4.69, 9.17) is 4.74 Å². The van der Waals surface area contributed by atoms with Crippen LogP contribution in [0.3, 0.4) is 0 Å². The zero-order valence-electron chi connectivity index (χ0n) is 9.31. The standard InChI is InChI=1S/C11H18N2O2/c1-13-9(4-6-12-13)3-5-11(14)7-10(8-11)15-2/h4,6,10,14H,3,5,7-8H2,1-2H3. The van der Waals surface area contributed by atoms with Crippen LogP contribution >= 0.6 is 0 Å². The Bertz CT molecular complexity index is 329. The van der Waals surface area contributed by atoms with Crippen molar-refractivity contribution in [2.45, 2.75) is 37.4 Å². The highest BCUT2D eigenvalue weighted by atomic mass is 16.5. The molecule has 4 heteroatoms. The van der Waals surface area contributed by atoms with Crippen LogP contribution in [0.25, 0.3) is 0 Å². The Balaban J connectivity index is 1.82. The van der Waals surface area contributed by atoms with Gasteiger partial charge in [0, 0.05) is 38.9 Å². The summed E-state index contributed by atoms with van der Waals surface area (Å²) in [5.74, 6) is 0.